The number of urea groups is 1. The van der Waals surface area contributed by atoms with Gasteiger partial charge < -0.3 is 20.7 Å². The Morgan fingerprint density at radius 3 is 2.86 bits per heavy atom. The van der Waals surface area contributed by atoms with Crippen LogP contribution >= 0.6 is 0 Å². The summed E-state index contributed by atoms with van der Waals surface area (Å²) >= 11 is 0. The fourth-order valence-corrected chi connectivity index (χ4v) is 2.52. The van der Waals surface area contributed by atoms with Gasteiger partial charge in [-0.2, -0.15) is 0 Å². The van der Waals surface area contributed by atoms with Crippen LogP contribution in [0, 0.1) is 5.92 Å². The molecule has 3 N–H and O–H groups in total. The Balaban J connectivity index is 1.89. The third-order valence-corrected chi connectivity index (χ3v) is 3.88. The molecule has 5 heteroatoms. The maximum absolute atomic E-state index is 12.2. The van der Waals surface area contributed by atoms with Crippen LogP contribution in [0.3, 0.4) is 0 Å². The second-order valence-electron chi connectivity index (χ2n) is 5.78. The molecule has 1 heterocycles. The van der Waals surface area contributed by atoms with E-state index in [1.54, 1.807) is 4.90 Å². The Morgan fingerprint density at radius 2 is 2.19 bits per heavy atom. The van der Waals surface area contributed by atoms with E-state index in [1.165, 1.54) is 0 Å². The molecule has 2 amide bonds. The third-order valence-electron chi connectivity index (χ3n) is 3.88. The standard InChI is InChI=1S/C16H25N3O2/c1-12(17)14-4-3-5-15(10-14)18-16(20)19(2)11-13-6-8-21-9-7-13/h3-5,10,12-13H,6-9,11,17H2,1-2H3,(H,18,20). The lowest BCUT2D eigenvalue weighted by Gasteiger charge is -2.27. The van der Waals surface area contributed by atoms with Gasteiger partial charge in [0.2, 0.25) is 0 Å². The molecule has 0 saturated carbocycles. The first-order valence-electron chi connectivity index (χ1n) is 7.51. The van der Waals surface area contributed by atoms with Crippen molar-refractivity contribution in [2.75, 3.05) is 32.1 Å². The highest BCUT2D eigenvalue weighted by atomic mass is 16.5. The maximum atomic E-state index is 12.2. The van der Waals surface area contributed by atoms with Crippen molar-refractivity contribution >= 4 is 11.7 Å². The van der Waals surface area contributed by atoms with E-state index < -0.39 is 0 Å². The van der Waals surface area contributed by atoms with E-state index in [4.69, 9.17) is 10.5 Å². The van der Waals surface area contributed by atoms with E-state index in [9.17, 15) is 4.79 Å². The van der Waals surface area contributed by atoms with Gasteiger partial charge in [-0.3, -0.25) is 0 Å². The van der Waals surface area contributed by atoms with E-state index in [0.717, 1.165) is 43.9 Å². The Bertz CT molecular complexity index is 470. The van der Waals surface area contributed by atoms with Crippen molar-refractivity contribution in [2.24, 2.45) is 11.7 Å². The van der Waals surface area contributed by atoms with E-state index >= 15 is 0 Å². The quantitative estimate of drug-likeness (QED) is 0.896. The zero-order valence-electron chi connectivity index (χ0n) is 12.8. The summed E-state index contributed by atoms with van der Waals surface area (Å²) < 4.78 is 5.34. The van der Waals surface area contributed by atoms with Gasteiger partial charge in [0, 0.05) is 38.5 Å². The Morgan fingerprint density at radius 1 is 1.48 bits per heavy atom. The average Bonchev–Trinajstić information content (AvgIpc) is 2.48. The number of anilines is 1. The molecule has 21 heavy (non-hydrogen) atoms. The Hall–Kier alpha value is -1.59. The molecule has 1 aliphatic heterocycles. The molecule has 0 aromatic heterocycles. The highest BCUT2D eigenvalue weighted by Crippen LogP contribution is 2.18. The van der Waals surface area contributed by atoms with Gasteiger partial charge in [0.25, 0.3) is 0 Å². The number of nitrogens with one attached hydrogen (secondary N) is 1. The van der Waals surface area contributed by atoms with Gasteiger partial charge >= 0.3 is 6.03 Å². The van der Waals surface area contributed by atoms with Gasteiger partial charge in [0.05, 0.1) is 0 Å². The molecule has 116 valence electrons. The minimum Gasteiger partial charge on any atom is -0.381 e. The number of ether oxygens (including phenoxy) is 1. The summed E-state index contributed by atoms with van der Waals surface area (Å²) in [6, 6.07) is 7.56. The van der Waals surface area contributed by atoms with Crippen molar-refractivity contribution in [1.29, 1.82) is 0 Å². The molecule has 1 aromatic rings. The first-order valence-corrected chi connectivity index (χ1v) is 7.51. The fraction of sp³-hybridized carbons (Fsp3) is 0.562. The molecule has 0 aliphatic carbocycles. The molecular formula is C16H25N3O2. The van der Waals surface area contributed by atoms with Gasteiger partial charge in [-0.25, -0.2) is 4.79 Å². The minimum atomic E-state index is -0.0803. The molecule has 1 aliphatic rings. The second kappa shape index (κ2) is 7.43. The molecule has 0 bridgehead atoms. The third kappa shape index (κ3) is 4.72. The van der Waals surface area contributed by atoms with Crippen LogP contribution in [-0.4, -0.2) is 37.7 Å². The van der Waals surface area contributed by atoms with Gasteiger partial charge in [-0.1, -0.05) is 12.1 Å². The van der Waals surface area contributed by atoms with Crippen LogP contribution in [0.15, 0.2) is 24.3 Å². The van der Waals surface area contributed by atoms with Crippen molar-refractivity contribution in [3.63, 3.8) is 0 Å². The lowest BCUT2D eigenvalue weighted by molar-refractivity contribution is 0.0592. The topological polar surface area (TPSA) is 67.6 Å². The molecule has 1 atom stereocenters. The molecule has 2 rings (SSSR count). The molecule has 1 aromatic carbocycles. The summed E-state index contributed by atoms with van der Waals surface area (Å²) in [6.07, 6.45) is 2.05. The zero-order chi connectivity index (χ0) is 15.2. The van der Waals surface area contributed by atoms with E-state index in [2.05, 4.69) is 5.32 Å². The van der Waals surface area contributed by atoms with Crippen LogP contribution in [0.4, 0.5) is 10.5 Å². The van der Waals surface area contributed by atoms with Crippen molar-refractivity contribution < 1.29 is 9.53 Å². The van der Waals surface area contributed by atoms with Gasteiger partial charge in [0.15, 0.2) is 0 Å². The number of carbonyl (C=O) groups excluding carboxylic acids is 1. The Kier molecular flexibility index (Phi) is 5.59. The lowest BCUT2D eigenvalue weighted by atomic mass is 10.00. The molecular weight excluding hydrogens is 266 g/mol. The molecule has 1 unspecified atom stereocenters. The Labute approximate surface area is 126 Å². The van der Waals surface area contributed by atoms with Crippen molar-refractivity contribution in [2.45, 2.75) is 25.8 Å². The molecule has 1 saturated heterocycles. The summed E-state index contributed by atoms with van der Waals surface area (Å²) in [5.74, 6) is 0.532. The summed E-state index contributed by atoms with van der Waals surface area (Å²) in [7, 11) is 1.83. The summed E-state index contributed by atoms with van der Waals surface area (Å²) in [4.78, 5) is 14.0. The minimum absolute atomic E-state index is 0.0400. The number of nitrogens with two attached hydrogens (primary N) is 1. The zero-order valence-corrected chi connectivity index (χ0v) is 12.8. The molecule has 0 spiro atoms. The van der Waals surface area contributed by atoms with Crippen LogP contribution in [0.2, 0.25) is 0 Å². The van der Waals surface area contributed by atoms with Crippen molar-refractivity contribution in [3.05, 3.63) is 29.8 Å². The van der Waals surface area contributed by atoms with Crippen LogP contribution in [0.25, 0.3) is 0 Å². The van der Waals surface area contributed by atoms with Gasteiger partial charge in [0.1, 0.15) is 0 Å². The highest BCUT2D eigenvalue weighted by molar-refractivity contribution is 5.89. The largest absolute Gasteiger partial charge is 0.381 e. The second-order valence-corrected chi connectivity index (χ2v) is 5.78. The van der Waals surface area contributed by atoms with Crippen LogP contribution in [-0.2, 0) is 4.74 Å². The summed E-state index contributed by atoms with van der Waals surface area (Å²) in [6.45, 7) is 4.30. The smallest absolute Gasteiger partial charge is 0.321 e. The summed E-state index contributed by atoms with van der Waals surface area (Å²) in [5, 5.41) is 2.93. The predicted octanol–water partition coefficient (Wildman–Crippen LogP) is 2.60. The fourth-order valence-electron chi connectivity index (χ4n) is 2.52. The van der Waals surface area contributed by atoms with E-state index in [0.29, 0.717) is 5.92 Å². The van der Waals surface area contributed by atoms with Crippen molar-refractivity contribution in [3.8, 4) is 0 Å². The van der Waals surface area contributed by atoms with Crippen LogP contribution in [0.5, 0.6) is 0 Å². The monoisotopic (exact) mass is 291 g/mol. The maximum Gasteiger partial charge on any atom is 0.321 e. The lowest BCUT2D eigenvalue weighted by Crippen LogP contribution is -2.36. The first-order chi connectivity index (χ1) is 10.1. The van der Waals surface area contributed by atoms with E-state index in [1.807, 2.05) is 38.2 Å². The highest BCUT2D eigenvalue weighted by Gasteiger charge is 2.18. The SMILES string of the molecule is CC(N)c1cccc(NC(=O)N(C)CC2CCOCC2)c1. The number of hydrogen-bond donors (Lipinski definition) is 2. The summed E-state index contributed by atoms with van der Waals surface area (Å²) in [5.41, 5.74) is 7.66. The van der Waals surface area contributed by atoms with Crippen LogP contribution < -0.4 is 11.1 Å². The number of benzene rings is 1. The normalized spacial score (nSPS) is 17.3. The average molecular weight is 291 g/mol. The van der Waals surface area contributed by atoms with Crippen LogP contribution in [0.1, 0.15) is 31.4 Å². The number of carbonyl (C=O) groups is 1. The first kappa shape index (κ1) is 15.8. The molecule has 5 nitrogen and oxygen atoms in total. The number of hydrogen-bond acceptors (Lipinski definition) is 3. The number of rotatable bonds is 4. The van der Waals surface area contributed by atoms with Crippen molar-refractivity contribution in [1.82, 2.24) is 4.90 Å². The van der Waals surface area contributed by atoms with Gasteiger partial charge in [-0.05, 0) is 43.4 Å². The predicted molar refractivity (Wildman–Crippen MR) is 84.2 cm³/mol. The number of nitrogens with zero attached hydrogens (tertiary/aromatic N) is 1. The van der Waals surface area contributed by atoms with Gasteiger partial charge in [-0.15, -0.1) is 0 Å². The number of amides is 2. The molecule has 1 fully saturated rings. The molecule has 0 radical (unpaired) electrons. The van der Waals surface area contributed by atoms with E-state index in [-0.39, 0.29) is 12.1 Å².